The van der Waals surface area contributed by atoms with Crippen molar-refractivity contribution in [2.45, 2.75) is 17.3 Å². The number of nitriles is 1. The number of carboxylic acid groups (broad SMARTS) is 1. The van der Waals surface area contributed by atoms with Gasteiger partial charge in [-0.2, -0.15) is 5.26 Å². The highest BCUT2D eigenvalue weighted by Crippen LogP contribution is 2.17. The van der Waals surface area contributed by atoms with Crippen molar-refractivity contribution < 1.29 is 14.3 Å². The van der Waals surface area contributed by atoms with E-state index in [1.807, 2.05) is 22.6 Å². The van der Waals surface area contributed by atoms with Crippen LogP contribution >= 0.6 is 22.6 Å². The zero-order valence-corrected chi connectivity index (χ0v) is 10.8. The number of hydrogen-bond acceptors (Lipinski definition) is 2. The summed E-state index contributed by atoms with van der Waals surface area (Å²) in [5, 5.41) is 17.0. The molecule has 0 unspecified atom stereocenters. The summed E-state index contributed by atoms with van der Waals surface area (Å²) in [4.78, 5) is 10.2. The molecule has 3 nitrogen and oxygen atoms in total. The Morgan fingerprint density at radius 1 is 1.69 bits per heavy atom. The Morgan fingerprint density at radius 2 is 2.31 bits per heavy atom. The van der Waals surface area contributed by atoms with Gasteiger partial charge in [-0.3, -0.25) is 0 Å². The smallest absolute Gasteiger partial charge is 0.327 e. The fourth-order valence-electron chi connectivity index (χ4n) is 0.874. The number of rotatable bonds is 5. The van der Waals surface area contributed by atoms with E-state index in [1.54, 1.807) is 6.07 Å². The van der Waals surface area contributed by atoms with E-state index >= 15 is 0 Å². The maximum Gasteiger partial charge on any atom is 0.327 e. The standard InChI is InChI=1S/C11H11FINO2/c1-2-10(12)8(7-14)6-9(13)4-3-5-11(15)16/h2-3,5-6,9H,4H2,1H3,(H,15,16)/b5-3+,8-6-,10-2+/t9-/m1/s1. The summed E-state index contributed by atoms with van der Waals surface area (Å²) in [5.74, 6) is -1.58. The summed E-state index contributed by atoms with van der Waals surface area (Å²) in [7, 11) is 0. The summed E-state index contributed by atoms with van der Waals surface area (Å²) >= 11 is 2.01. The number of alkyl halides is 1. The van der Waals surface area contributed by atoms with Gasteiger partial charge in [0.25, 0.3) is 0 Å². The first-order chi connectivity index (χ1) is 7.51. The fourth-order valence-corrected chi connectivity index (χ4v) is 1.53. The molecule has 0 heterocycles. The Kier molecular flexibility index (Phi) is 7.46. The molecule has 1 atom stereocenters. The molecular formula is C11H11FINO2. The third-order valence-corrected chi connectivity index (χ3v) is 2.47. The van der Waals surface area contributed by atoms with Crippen LogP contribution in [0.4, 0.5) is 4.39 Å². The van der Waals surface area contributed by atoms with Crippen molar-refractivity contribution in [2.24, 2.45) is 0 Å². The average Bonchev–Trinajstić information content (AvgIpc) is 2.24. The first-order valence-corrected chi connectivity index (χ1v) is 5.73. The highest BCUT2D eigenvalue weighted by atomic mass is 127. The first-order valence-electron chi connectivity index (χ1n) is 4.49. The molecule has 0 spiro atoms. The highest BCUT2D eigenvalue weighted by Gasteiger charge is 2.05. The molecule has 1 N–H and O–H groups in total. The lowest BCUT2D eigenvalue weighted by atomic mass is 10.1. The number of hydrogen-bond donors (Lipinski definition) is 1. The van der Waals surface area contributed by atoms with Crippen LogP contribution in [0.1, 0.15) is 13.3 Å². The Balaban J connectivity index is 4.52. The van der Waals surface area contributed by atoms with Gasteiger partial charge in [0.05, 0.1) is 5.57 Å². The molecule has 0 aliphatic rings. The average molecular weight is 335 g/mol. The van der Waals surface area contributed by atoms with Crippen molar-refractivity contribution in [3.05, 3.63) is 35.7 Å². The van der Waals surface area contributed by atoms with Gasteiger partial charge in [-0.15, -0.1) is 0 Å². The van der Waals surface area contributed by atoms with Crippen molar-refractivity contribution in [1.82, 2.24) is 0 Å². The van der Waals surface area contributed by atoms with Crippen molar-refractivity contribution in [1.29, 1.82) is 5.26 Å². The summed E-state index contributed by atoms with van der Waals surface area (Å²) in [6.45, 7) is 1.51. The SMILES string of the molecule is C/C=C(F)\C(C#N)=C/[C@H](I)C/C=C/C(=O)O. The van der Waals surface area contributed by atoms with Crippen LogP contribution in [-0.2, 0) is 4.79 Å². The van der Waals surface area contributed by atoms with E-state index in [-0.39, 0.29) is 9.50 Å². The van der Waals surface area contributed by atoms with Gasteiger partial charge >= 0.3 is 5.97 Å². The lowest BCUT2D eigenvalue weighted by molar-refractivity contribution is -0.131. The first kappa shape index (κ1) is 14.8. The van der Waals surface area contributed by atoms with Crippen molar-refractivity contribution in [2.75, 3.05) is 0 Å². The van der Waals surface area contributed by atoms with E-state index in [9.17, 15) is 9.18 Å². The summed E-state index contributed by atoms with van der Waals surface area (Å²) < 4.78 is 12.9. The maximum absolute atomic E-state index is 13.1. The number of allylic oxidation sites excluding steroid dienone is 5. The van der Waals surface area contributed by atoms with Crippen LogP contribution < -0.4 is 0 Å². The highest BCUT2D eigenvalue weighted by molar-refractivity contribution is 14.1. The van der Waals surface area contributed by atoms with Crippen LogP contribution in [0, 0.1) is 11.3 Å². The third-order valence-electron chi connectivity index (χ3n) is 1.60. The molecule has 0 aliphatic carbocycles. The molecule has 0 saturated carbocycles. The molecule has 0 rings (SSSR count). The molecule has 16 heavy (non-hydrogen) atoms. The summed E-state index contributed by atoms with van der Waals surface area (Å²) in [5.41, 5.74) is -0.0226. The molecule has 0 amide bonds. The predicted octanol–water partition coefficient (Wildman–Crippen LogP) is 3.14. The van der Waals surface area contributed by atoms with Gasteiger partial charge in [-0.05, 0) is 13.3 Å². The number of carbonyl (C=O) groups is 1. The minimum Gasteiger partial charge on any atom is -0.478 e. The van der Waals surface area contributed by atoms with Gasteiger partial charge in [0.15, 0.2) is 0 Å². The van der Waals surface area contributed by atoms with Gasteiger partial charge < -0.3 is 5.11 Å². The molecular weight excluding hydrogens is 324 g/mol. The fraction of sp³-hybridized carbons (Fsp3) is 0.273. The quantitative estimate of drug-likeness (QED) is 0.276. The van der Waals surface area contributed by atoms with E-state index in [4.69, 9.17) is 10.4 Å². The summed E-state index contributed by atoms with van der Waals surface area (Å²) in [6, 6.07) is 1.76. The number of nitrogens with zero attached hydrogens (tertiary/aromatic N) is 1. The maximum atomic E-state index is 13.1. The van der Waals surface area contributed by atoms with E-state index < -0.39 is 11.8 Å². The number of aliphatic carboxylic acids is 1. The largest absolute Gasteiger partial charge is 0.478 e. The summed E-state index contributed by atoms with van der Waals surface area (Å²) in [6.07, 6.45) is 5.62. The Hall–Kier alpha value is -1.16. The minimum atomic E-state index is -1.02. The van der Waals surface area contributed by atoms with Gasteiger partial charge in [0.2, 0.25) is 0 Å². The number of carboxylic acids is 1. The van der Waals surface area contributed by atoms with Crippen LogP contribution in [0.3, 0.4) is 0 Å². The molecule has 0 aromatic carbocycles. The van der Waals surface area contributed by atoms with E-state index in [2.05, 4.69) is 0 Å². The van der Waals surface area contributed by atoms with Crippen molar-refractivity contribution in [3.63, 3.8) is 0 Å². The number of halogens is 2. The third kappa shape index (κ3) is 6.35. The zero-order chi connectivity index (χ0) is 12.6. The van der Waals surface area contributed by atoms with Crippen molar-refractivity contribution >= 4 is 28.6 Å². The molecule has 0 aromatic rings. The minimum absolute atomic E-state index is 0.0226. The van der Waals surface area contributed by atoms with E-state index in [1.165, 1.54) is 25.2 Å². The van der Waals surface area contributed by atoms with Gasteiger partial charge in [-0.1, -0.05) is 40.8 Å². The Bertz CT molecular complexity index is 380. The molecule has 0 aliphatic heterocycles. The normalized spacial score (nSPS) is 14.9. The van der Waals surface area contributed by atoms with Crippen LogP contribution in [0.25, 0.3) is 0 Å². The van der Waals surface area contributed by atoms with Gasteiger partial charge in [0.1, 0.15) is 11.9 Å². The molecule has 0 bridgehead atoms. The van der Waals surface area contributed by atoms with E-state index in [0.717, 1.165) is 6.08 Å². The van der Waals surface area contributed by atoms with Crippen LogP contribution in [0.5, 0.6) is 0 Å². The van der Waals surface area contributed by atoms with Gasteiger partial charge in [0, 0.05) is 10.0 Å². The Morgan fingerprint density at radius 3 is 2.75 bits per heavy atom. The lowest BCUT2D eigenvalue weighted by Crippen LogP contribution is -1.94. The van der Waals surface area contributed by atoms with Crippen LogP contribution in [0.2, 0.25) is 0 Å². The zero-order valence-electron chi connectivity index (χ0n) is 8.65. The predicted molar refractivity (Wildman–Crippen MR) is 67.8 cm³/mol. The lowest BCUT2D eigenvalue weighted by Gasteiger charge is -2.00. The monoisotopic (exact) mass is 335 g/mol. The van der Waals surface area contributed by atoms with Crippen LogP contribution in [-0.4, -0.2) is 15.0 Å². The second-order valence-corrected chi connectivity index (χ2v) is 4.42. The van der Waals surface area contributed by atoms with E-state index in [0.29, 0.717) is 6.42 Å². The molecule has 0 radical (unpaired) electrons. The molecule has 86 valence electrons. The second-order valence-electron chi connectivity index (χ2n) is 2.82. The molecule has 0 fully saturated rings. The molecule has 0 saturated heterocycles. The van der Waals surface area contributed by atoms with Crippen molar-refractivity contribution in [3.8, 4) is 6.07 Å². The van der Waals surface area contributed by atoms with Gasteiger partial charge in [-0.25, -0.2) is 9.18 Å². The molecule has 0 aromatic heterocycles. The Labute approximate surface area is 107 Å². The van der Waals surface area contributed by atoms with Crippen LogP contribution in [0.15, 0.2) is 35.7 Å². The second kappa shape index (κ2) is 8.05. The topological polar surface area (TPSA) is 61.1 Å². The molecule has 5 heteroatoms.